The van der Waals surface area contributed by atoms with E-state index in [2.05, 4.69) is 40.3 Å². The van der Waals surface area contributed by atoms with Crippen LogP contribution in [-0.2, 0) is 11.3 Å². The van der Waals surface area contributed by atoms with Crippen molar-refractivity contribution < 1.29 is 9.90 Å². The molecule has 0 unspecified atom stereocenters. The van der Waals surface area contributed by atoms with Crippen LogP contribution in [0.2, 0.25) is 0 Å². The normalized spacial score (nSPS) is 21.9. The molecular weight excluding hydrogens is 320 g/mol. The monoisotopic (exact) mass is 348 g/mol. The Kier molecular flexibility index (Phi) is 6.19. The fourth-order valence-corrected chi connectivity index (χ4v) is 4.47. The minimum Gasteiger partial charge on any atom is -0.481 e. The Labute approximate surface area is 149 Å². The fourth-order valence-electron chi connectivity index (χ4n) is 3.98. The van der Waals surface area contributed by atoms with Crippen LogP contribution in [0, 0.1) is 5.92 Å². The molecule has 3 rings (SSSR count). The summed E-state index contributed by atoms with van der Waals surface area (Å²) in [5, 5.41) is 9.12. The largest absolute Gasteiger partial charge is 0.481 e. The van der Waals surface area contributed by atoms with Crippen molar-refractivity contribution in [2.45, 2.75) is 43.2 Å². The Morgan fingerprint density at radius 2 is 1.88 bits per heavy atom. The molecule has 2 saturated heterocycles. The van der Waals surface area contributed by atoms with Gasteiger partial charge in [-0.3, -0.25) is 9.69 Å². The molecule has 1 aromatic rings. The van der Waals surface area contributed by atoms with Crippen molar-refractivity contribution in [2.24, 2.45) is 5.92 Å². The highest BCUT2D eigenvalue weighted by Gasteiger charge is 2.30. The standard InChI is InChI=1S/C19H28N2O2S/c1-24-18-4-2-3-15(13-18)14-20-9-7-17(8-10-20)21-11-5-16(6-12-21)19(22)23/h2-4,13,16-17H,5-12,14H2,1H3,(H,22,23). The van der Waals surface area contributed by atoms with E-state index in [0.29, 0.717) is 6.04 Å². The van der Waals surface area contributed by atoms with E-state index in [9.17, 15) is 4.79 Å². The SMILES string of the molecule is CSc1cccc(CN2CCC(N3CCC(C(=O)O)CC3)CC2)c1. The number of carbonyl (C=O) groups is 1. The number of carboxylic acid groups (broad SMARTS) is 1. The molecule has 0 aromatic heterocycles. The molecule has 24 heavy (non-hydrogen) atoms. The first-order valence-electron chi connectivity index (χ1n) is 8.98. The zero-order valence-electron chi connectivity index (χ0n) is 14.5. The summed E-state index contributed by atoms with van der Waals surface area (Å²) in [4.78, 5) is 17.5. The quantitative estimate of drug-likeness (QED) is 0.828. The molecule has 0 atom stereocenters. The number of hydrogen-bond acceptors (Lipinski definition) is 4. The summed E-state index contributed by atoms with van der Waals surface area (Å²) in [6, 6.07) is 9.49. The molecule has 0 bridgehead atoms. The molecule has 2 heterocycles. The number of likely N-dealkylation sites (tertiary alicyclic amines) is 2. The smallest absolute Gasteiger partial charge is 0.306 e. The van der Waals surface area contributed by atoms with Gasteiger partial charge in [-0.2, -0.15) is 0 Å². The highest BCUT2D eigenvalue weighted by atomic mass is 32.2. The third kappa shape index (κ3) is 4.52. The van der Waals surface area contributed by atoms with Gasteiger partial charge in [-0.05, 0) is 75.8 Å². The van der Waals surface area contributed by atoms with Gasteiger partial charge in [0.2, 0.25) is 0 Å². The number of aliphatic carboxylic acids is 1. The van der Waals surface area contributed by atoms with Gasteiger partial charge in [0.15, 0.2) is 0 Å². The van der Waals surface area contributed by atoms with Crippen LogP contribution < -0.4 is 0 Å². The van der Waals surface area contributed by atoms with Crippen molar-refractivity contribution in [3.05, 3.63) is 29.8 Å². The van der Waals surface area contributed by atoms with E-state index in [4.69, 9.17) is 5.11 Å². The minimum absolute atomic E-state index is 0.120. The summed E-state index contributed by atoms with van der Waals surface area (Å²) in [5.41, 5.74) is 1.41. The predicted octanol–water partition coefficient (Wildman–Crippen LogP) is 3.17. The lowest BCUT2D eigenvalue weighted by molar-refractivity contribution is -0.143. The minimum atomic E-state index is -0.614. The molecule has 1 N–H and O–H groups in total. The van der Waals surface area contributed by atoms with Crippen molar-refractivity contribution >= 4 is 17.7 Å². The van der Waals surface area contributed by atoms with E-state index >= 15 is 0 Å². The number of thioether (sulfide) groups is 1. The first-order chi connectivity index (χ1) is 11.7. The van der Waals surface area contributed by atoms with Gasteiger partial charge in [-0.1, -0.05) is 12.1 Å². The number of benzene rings is 1. The topological polar surface area (TPSA) is 43.8 Å². The summed E-state index contributed by atoms with van der Waals surface area (Å²) in [6.45, 7) is 5.25. The molecule has 0 radical (unpaired) electrons. The summed E-state index contributed by atoms with van der Waals surface area (Å²) in [6.07, 6.45) is 6.17. The third-order valence-electron chi connectivity index (χ3n) is 5.49. The molecule has 5 heteroatoms. The van der Waals surface area contributed by atoms with Gasteiger partial charge in [-0.25, -0.2) is 0 Å². The summed E-state index contributed by atoms with van der Waals surface area (Å²) < 4.78 is 0. The molecule has 0 saturated carbocycles. The van der Waals surface area contributed by atoms with Gasteiger partial charge >= 0.3 is 5.97 Å². The zero-order valence-corrected chi connectivity index (χ0v) is 15.3. The lowest BCUT2D eigenvalue weighted by Crippen LogP contribution is -2.48. The maximum atomic E-state index is 11.1. The van der Waals surface area contributed by atoms with E-state index in [0.717, 1.165) is 45.6 Å². The first kappa shape index (κ1) is 17.8. The van der Waals surface area contributed by atoms with Crippen LogP contribution in [0.15, 0.2) is 29.2 Å². The second-order valence-electron chi connectivity index (χ2n) is 7.01. The van der Waals surface area contributed by atoms with E-state index in [-0.39, 0.29) is 5.92 Å². The summed E-state index contributed by atoms with van der Waals surface area (Å²) >= 11 is 1.80. The molecule has 0 amide bonds. The Bertz CT molecular complexity index is 550. The van der Waals surface area contributed by atoms with Crippen molar-refractivity contribution in [1.82, 2.24) is 9.80 Å². The van der Waals surface area contributed by atoms with Crippen LogP contribution in [0.5, 0.6) is 0 Å². The van der Waals surface area contributed by atoms with Crippen molar-refractivity contribution in [3.63, 3.8) is 0 Å². The van der Waals surface area contributed by atoms with E-state index < -0.39 is 5.97 Å². The Hall–Kier alpha value is -1.04. The van der Waals surface area contributed by atoms with Crippen LogP contribution >= 0.6 is 11.8 Å². The molecule has 1 aromatic carbocycles. The van der Waals surface area contributed by atoms with Crippen molar-refractivity contribution in [2.75, 3.05) is 32.4 Å². The lowest BCUT2D eigenvalue weighted by Gasteiger charge is -2.41. The van der Waals surface area contributed by atoms with E-state index in [1.807, 2.05) is 0 Å². The number of rotatable bonds is 5. The molecule has 2 aliphatic heterocycles. The van der Waals surface area contributed by atoms with Gasteiger partial charge < -0.3 is 10.0 Å². The number of piperidine rings is 2. The Morgan fingerprint density at radius 1 is 1.17 bits per heavy atom. The molecule has 2 fully saturated rings. The average Bonchev–Trinajstić information content (AvgIpc) is 2.62. The molecule has 0 aliphatic carbocycles. The van der Waals surface area contributed by atoms with Gasteiger partial charge in [-0.15, -0.1) is 11.8 Å². The molecular formula is C19H28N2O2S. The molecule has 2 aliphatic rings. The lowest BCUT2D eigenvalue weighted by atomic mass is 9.93. The number of carboxylic acids is 1. The van der Waals surface area contributed by atoms with Crippen molar-refractivity contribution in [1.29, 1.82) is 0 Å². The third-order valence-corrected chi connectivity index (χ3v) is 6.22. The van der Waals surface area contributed by atoms with Gasteiger partial charge in [0.1, 0.15) is 0 Å². The molecule has 0 spiro atoms. The zero-order chi connectivity index (χ0) is 16.9. The van der Waals surface area contributed by atoms with Crippen LogP contribution in [0.25, 0.3) is 0 Å². The highest BCUT2D eigenvalue weighted by Crippen LogP contribution is 2.25. The average molecular weight is 349 g/mol. The van der Waals surface area contributed by atoms with Gasteiger partial charge in [0.25, 0.3) is 0 Å². The van der Waals surface area contributed by atoms with Crippen LogP contribution in [-0.4, -0.2) is 59.4 Å². The summed E-state index contributed by atoms with van der Waals surface area (Å²) in [5.74, 6) is -0.734. The predicted molar refractivity (Wildman–Crippen MR) is 98.5 cm³/mol. The van der Waals surface area contributed by atoms with Crippen LogP contribution in [0.1, 0.15) is 31.2 Å². The van der Waals surface area contributed by atoms with Crippen LogP contribution in [0.3, 0.4) is 0 Å². The Morgan fingerprint density at radius 3 is 2.50 bits per heavy atom. The summed E-state index contributed by atoms with van der Waals surface area (Å²) in [7, 11) is 0. The fraction of sp³-hybridized carbons (Fsp3) is 0.632. The second-order valence-corrected chi connectivity index (χ2v) is 7.89. The van der Waals surface area contributed by atoms with Gasteiger partial charge in [0.05, 0.1) is 5.92 Å². The van der Waals surface area contributed by atoms with E-state index in [1.54, 1.807) is 11.8 Å². The van der Waals surface area contributed by atoms with E-state index in [1.165, 1.54) is 23.3 Å². The maximum Gasteiger partial charge on any atom is 0.306 e. The number of nitrogens with zero attached hydrogens (tertiary/aromatic N) is 2. The maximum absolute atomic E-state index is 11.1. The highest BCUT2D eigenvalue weighted by molar-refractivity contribution is 7.98. The molecule has 132 valence electrons. The second kappa shape index (κ2) is 8.37. The number of hydrogen-bond donors (Lipinski definition) is 1. The molecule has 4 nitrogen and oxygen atoms in total. The first-order valence-corrected chi connectivity index (χ1v) is 10.2. The van der Waals surface area contributed by atoms with Crippen LogP contribution in [0.4, 0.5) is 0 Å². The van der Waals surface area contributed by atoms with Gasteiger partial charge in [0, 0.05) is 17.5 Å². The van der Waals surface area contributed by atoms with Crippen molar-refractivity contribution in [3.8, 4) is 0 Å². The Balaban J connectivity index is 1.45.